The number of carboxylic acid groups (broad SMARTS) is 1. The molecule has 2 atom stereocenters. The van der Waals surface area contributed by atoms with Gasteiger partial charge < -0.3 is 15.2 Å². The van der Waals surface area contributed by atoms with Crippen molar-refractivity contribution in [1.29, 1.82) is 0 Å². The van der Waals surface area contributed by atoms with Crippen LogP contribution in [0.25, 0.3) is 11.1 Å². The molecule has 0 spiro atoms. The number of amides is 1. The van der Waals surface area contributed by atoms with E-state index in [4.69, 9.17) is 21.4 Å². The fraction of sp³-hybridized carbons (Fsp3) is 0.257. The number of hydrogen-bond acceptors (Lipinski definition) is 3. The largest absolute Gasteiger partial charge is 0.493 e. The number of aliphatic carboxylic acids is 1. The summed E-state index contributed by atoms with van der Waals surface area (Å²) in [5.74, 6) is -0.211. The lowest BCUT2D eigenvalue weighted by Gasteiger charge is -2.28. The smallest absolute Gasteiger partial charge is 0.305 e. The van der Waals surface area contributed by atoms with Gasteiger partial charge in [0.1, 0.15) is 5.75 Å². The molecule has 0 saturated carbocycles. The van der Waals surface area contributed by atoms with Gasteiger partial charge in [0.2, 0.25) is 0 Å². The third-order valence-electron chi connectivity index (χ3n) is 7.28. The maximum atomic E-state index is 12.5. The summed E-state index contributed by atoms with van der Waals surface area (Å²) in [5, 5.41) is 12.2. The lowest BCUT2D eigenvalue weighted by atomic mass is 9.79. The molecule has 0 aliphatic heterocycles. The second-order valence-electron chi connectivity index (χ2n) is 10.3. The Bertz CT molecular complexity index is 1420. The van der Waals surface area contributed by atoms with Gasteiger partial charge in [-0.2, -0.15) is 0 Å². The molecule has 212 valence electrons. The van der Waals surface area contributed by atoms with Crippen LogP contribution in [0.5, 0.6) is 5.75 Å². The van der Waals surface area contributed by atoms with Crippen LogP contribution in [0.1, 0.15) is 65.1 Å². The first-order chi connectivity index (χ1) is 19.8. The predicted octanol–water partition coefficient (Wildman–Crippen LogP) is 8.27. The molecule has 5 nitrogen and oxygen atoms in total. The van der Waals surface area contributed by atoms with Gasteiger partial charge in [-0.3, -0.25) is 9.59 Å². The molecule has 0 fully saturated rings. The average molecular weight is 570 g/mol. The van der Waals surface area contributed by atoms with Crippen LogP contribution in [-0.4, -0.2) is 30.1 Å². The Balaban J connectivity index is 1.53. The number of carbonyl (C=O) groups excluding carboxylic acids is 1. The summed E-state index contributed by atoms with van der Waals surface area (Å²) in [6, 6.07) is 32.2. The number of nitrogens with one attached hydrogen (secondary N) is 1. The summed E-state index contributed by atoms with van der Waals surface area (Å²) in [5.41, 5.74) is 6.30. The molecule has 0 aliphatic rings. The standard InChI is InChI=1S/C35H36ClNO4/c1-3-4-32(27-9-11-29(12-10-27)35(40)37-22-21-34(38)39)33(28-13-17-30(36)18-14-28)23-41-31-19-15-26(16-20-31)25-7-5-24(2)6-8-25/h5-20,32-33H,3-4,21-23H2,1-2H3,(H,37,40)(H,38,39). The molecular formula is C35H36ClNO4. The minimum absolute atomic E-state index is 0.0548. The van der Waals surface area contributed by atoms with Crippen molar-refractivity contribution < 1.29 is 19.4 Å². The van der Waals surface area contributed by atoms with Crippen LogP contribution in [0.2, 0.25) is 5.02 Å². The summed E-state index contributed by atoms with van der Waals surface area (Å²) in [7, 11) is 0. The van der Waals surface area contributed by atoms with E-state index in [-0.39, 0.29) is 30.7 Å². The van der Waals surface area contributed by atoms with Crippen molar-refractivity contribution in [2.75, 3.05) is 13.2 Å². The quantitative estimate of drug-likeness (QED) is 0.170. The first-order valence-corrected chi connectivity index (χ1v) is 14.4. The lowest BCUT2D eigenvalue weighted by molar-refractivity contribution is -0.136. The number of rotatable bonds is 13. The summed E-state index contributed by atoms with van der Waals surface area (Å²) >= 11 is 6.22. The van der Waals surface area contributed by atoms with Gasteiger partial charge in [-0.1, -0.05) is 91.2 Å². The van der Waals surface area contributed by atoms with Gasteiger partial charge in [-0.25, -0.2) is 0 Å². The Morgan fingerprint density at radius 2 is 1.37 bits per heavy atom. The van der Waals surface area contributed by atoms with Crippen molar-refractivity contribution in [1.82, 2.24) is 5.32 Å². The number of benzene rings is 4. The van der Waals surface area contributed by atoms with Gasteiger partial charge in [0.05, 0.1) is 13.0 Å². The third-order valence-corrected chi connectivity index (χ3v) is 7.53. The first-order valence-electron chi connectivity index (χ1n) is 14.0. The van der Waals surface area contributed by atoms with E-state index in [1.807, 2.05) is 36.4 Å². The summed E-state index contributed by atoms with van der Waals surface area (Å²) in [6.07, 6.45) is 1.81. The SMILES string of the molecule is CCCC(c1ccc(C(=O)NCCC(=O)O)cc1)C(COc1ccc(-c2ccc(C)cc2)cc1)c1ccc(Cl)cc1. The van der Waals surface area contributed by atoms with Crippen molar-refractivity contribution in [3.8, 4) is 16.9 Å². The maximum absolute atomic E-state index is 12.5. The van der Waals surface area contributed by atoms with Gasteiger partial charge in [0.15, 0.2) is 0 Å². The molecule has 4 aromatic carbocycles. The normalized spacial score (nSPS) is 12.4. The van der Waals surface area contributed by atoms with E-state index in [1.165, 1.54) is 11.1 Å². The highest BCUT2D eigenvalue weighted by Crippen LogP contribution is 2.38. The molecule has 0 saturated heterocycles. The van der Waals surface area contributed by atoms with Crippen molar-refractivity contribution in [3.63, 3.8) is 0 Å². The topological polar surface area (TPSA) is 75.6 Å². The van der Waals surface area contributed by atoms with Crippen LogP contribution in [0.3, 0.4) is 0 Å². The van der Waals surface area contributed by atoms with Crippen molar-refractivity contribution in [3.05, 3.63) is 124 Å². The van der Waals surface area contributed by atoms with E-state index in [0.29, 0.717) is 17.2 Å². The Kier molecular flexibility index (Phi) is 10.6. The molecule has 4 aromatic rings. The highest BCUT2D eigenvalue weighted by Gasteiger charge is 2.26. The van der Waals surface area contributed by atoms with Crippen molar-refractivity contribution >= 4 is 23.5 Å². The summed E-state index contributed by atoms with van der Waals surface area (Å²) < 4.78 is 6.39. The number of ether oxygens (including phenoxy) is 1. The zero-order chi connectivity index (χ0) is 29.2. The molecule has 0 bridgehead atoms. The van der Waals surface area contributed by atoms with Crippen molar-refractivity contribution in [2.24, 2.45) is 0 Å². The van der Waals surface area contributed by atoms with Crippen molar-refractivity contribution in [2.45, 2.75) is 44.9 Å². The van der Waals surface area contributed by atoms with Gasteiger partial charge in [0, 0.05) is 23.0 Å². The first kappa shape index (κ1) is 29.9. The van der Waals surface area contributed by atoms with E-state index in [1.54, 1.807) is 12.1 Å². The van der Waals surface area contributed by atoms with E-state index in [2.05, 4.69) is 67.7 Å². The van der Waals surface area contributed by atoms with Crippen LogP contribution < -0.4 is 10.1 Å². The average Bonchev–Trinajstić information content (AvgIpc) is 2.98. The van der Waals surface area contributed by atoms with Gasteiger partial charge in [0.25, 0.3) is 5.91 Å². The molecule has 0 heterocycles. The Morgan fingerprint density at radius 3 is 1.95 bits per heavy atom. The van der Waals surface area contributed by atoms with Gasteiger partial charge in [-0.05, 0) is 77.9 Å². The van der Waals surface area contributed by atoms with Gasteiger partial charge >= 0.3 is 5.97 Å². The minimum atomic E-state index is -0.944. The fourth-order valence-corrected chi connectivity index (χ4v) is 5.13. The summed E-state index contributed by atoms with van der Waals surface area (Å²) in [4.78, 5) is 23.2. The van der Waals surface area contributed by atoms with Crippen LogP contribution >= 0.6 is 11.6 Å². The Hall–Kier alpha value is -4.09. The number of hydrogen-bond donors (Lipinski definition) is 2. The lowest BCUT2D eigenvalue weighted by Crippen LogP contribution is -2.26. The molecule has 0 aliphatic carbocycles. The Labute approximate surface area is 247 Å². The molecule has 4 rings (SSSR count). The van der Waals surface area contributed by atoms with Crippen LogP contribution in [0.4, 0.5) is 0 Å². The minimum Gasteiger partial charge on any atom is -0.493 e. The highest BCUT2D eigenvalue weighted by molar-refractivity contribution is 6.30. The third kappa shape index (κ3) is 8.45. The number of carboxylic acids is 1. The highest BCUT2D eigenvalue weighted by atomic mass is 35.5. The van der Waals surface area contributed by atoms with E-state index < -0.39 is 5.97 Å². The molecular weight excluding hydrogens is 534 g/mol. The molecule has 0 radical (unpaired) electrons. The number of aryl methyl sites for hydroxylation is 1. The van der Waals surface area contributed by atoms with Crippen LogP contribution in [0, 0.1) is 6.92 Å². The van der Waals surface area contributed by atoms with E-state index in [9.17, 15) is 9.59 Å². The van der Waals surface area contributed by atoms with E-state index >= 15 is 0 Å². The zero-order valence-corrected chi connectivity index (χ0v) is 24.2. The predicted molar refractivity (Wildman–Crippen MR) is 165 cm³/mol. The maximum Gasteiger partial charge on any atom is 0.305 e. The molecule has 1 amide bonds. The Morgan fingerprint density at radius 1 is 0.805 bits per heavy atom. The van der Waals surface area contributed by atoms with E-state index in [0.717, 1.165) is 35.3 Å². The van der Waals surface area contributed by atoms with Crippen LogP contribution in [-0.2, 0) is 4.79 Å². The molecule has 2 unspecified atom stereocenters. The van der Waals surface area contributed by atoms with Gasteiger partial charge in [-0.15, -0.1) is 0 Å². The molecule has 2 N–H and O–H groups in total. The monoisotopic (exact) mass is 569 g/mol. The van der Waals surface area contributed by atoms with Crippen LogP contribution in [0.15, 0.2) is 97.1 Å². The zero-order valence-electron chi connectivity index (χ0n) is 23.5. The summed E-state index contributed by atoms with van der Waals surface area (Å²) in [6.45, 7) is 4.82. The number of carbonyl (C=O) groups is 2. The molecule has 0 aromatic heterocycles. The molecule has 41 heavy (non-hydrogen) atoms. The second kappa shape index (κ2) is 14.5. The molecule has 6 heteroatoms. The fourth-order valence-electron chi connectivity index (χ4n) is 5.01. The number of halogens is 1. The second-order valence-corrected chi connectivity index (χ2v) is 10.7.